The number of anilines is 1. The lowest BCUT2D eigenvalue weighted by molar-refractivity contribution is 0.415. The molecule has 5 nitrogen and oxygen atoms in total. The van der Waals surface area contributed by atoms with E-state index in [4.69, 9.17) is 4.74 Å². The summed E-state index contributed by atoms with van der Waals surface area (Å²) in [5.74, 6) is 0.170. The van der Waals surface area contributed by atoms with Crippen molar-refractivity contribution in [3.8, 4) is 5.75 Å². The molecule has 7 heteroatoms. The van der Waals surface area contributed by atoms with Crippen LogP contribution in [0.3, 0.4) is 0 Å². The predicted molar refractivity (Wildman–Crippen MR) is 87.7 cm³/mol. The Morgan fingerprint density at radius 3 is 2.35 bits per heavy atom. The Balaban J connectivity index is 2.21. The van der Waals surface area contributed by atoms with E-state index in [1.165, 1.54) is 38.4 Å². The van der Waals surface area contributed by atoms with Gasteiger partial charge in [0.1, 0.15) is 11.6 Å². The van der Waals surface area contributed by atoms with Gasteiger partial charge >= 0.3 is 0 Å². The predicted octanol–water partition coefficient (Wildman–Crippen LogP) is 2.92. The van der Waals surface area contributed by atoms with Gasteiger partial charge in [0.15, 0.2) is 0 Å². The lowest BCUT2D eigenvalue weighted by Crippen LogP contribution is -2.18. The molecule has 2 N–H and O–H groups in total. The number of ether oxygens (including phenoxy) is 1. The number of rotatable bonds is 6. The SMILES string of the molecule is CNS(=O)(=O)c1ccc(C(C)Nc2cc(F)ccc2OC)cc1. The molecule has 1 atom stereocenters. The first-order valence-corrected chi connectivity index (χ1v) is 8.49. The summed E-state index contributed by atoms with van der Waals surface area (Å²) >= 11 is 0. The molecule has 0 saturated carbocycles. The summed E-state index contributed by atoms with van der Waals surface area (Å²) in [5, 5.41) is 3.16. The summed E-state index contributed by atoms with van der Waals surface area (Å²) in [4.78, 5) is 0.194. The number of benzene rings is 2. The van der Waals surface area contributed by atoms with Gasteiger partial charge in [-0.25, -0.2) is 17.5 Å². The molecule has 0 heterocycles. The molecule has 0 aliphatic heterocycles. The van der Waals surface area contributed by atoms with Crippen molar-refractivity contribution >= 4 is 15.7 Å². The van der Waals surface area contributed by atoms with Gasteiger partial charge in [-0.2, -0.15) is 0 Å². The van der Waals surface area contributed by atoms with Crippen molar-refractivity contribution in [2.75, 3.05) is 19.5 Å². The molecule has 0 aromatic heterocycles. The monoisotopic (exact) mass is 338 g/mol. The summed E-state index contributed by atoms with van der Waals surface area (Å²) in [6, 6.07) is 10.6. The molecule has 0 saturated heterocycles. The van der Waals surface area contributed by atoms with E-state index < -0.39 is 10.0 Å². The fraction of sp³-hybridized carbons (Fsp3) is 0.250. The van der Waals surface area contributed by atoms with Crippen molar-refractivity contribution in [2.24, 2.45) is 0 Å². The minimum Gasteiger partial charge on any atom is -0.495 e. The summed E-state index contributed by atoms with van der Waals surface area (Å²) in [6.07, 6.45) is 0. The van der Waals surface area contributed by atoms with Crippen molar-refractivity contribution in [1.82, 2.24) is 4.72 Å². The van der Waals surface area contributed by atoms with E-state index in [9.17, 15) is 12.8 Å². The zero-order valence-corrected chi connectivity index (χ0v) is 13.9. The van der Waals surface area contributed by atoms with Crippen LogP contribution in [0.15, 0.2) is 47.4 Å². The van der Waals surface area contributed by atoms with Gasteiger partial charge in [-0.3, -0.25) is 0 Å². The zero-order valence-electron chi connectivity index (χ0n) is 13.1. The summed E-state index contributed by atoms with van der Waals surface area (Å²) < 4.78 is 44.3. The van der Waals surface area contributed by atoms with Crippen LogP contribution >= 0.6 is 0 Å². The highest BCUT2D eigenvalue weighted by atomic mass is 32.2. The number of nitrogens with one attached hydrogen (secondary N) is 2. The van der Waals surface area contributed by atoms with Gasteiger partial charge < -0.3 is 10.1 Å². The molecule has 0 spiro atoms. The topological polar surface area (TPSA) is 67.4 Å². The molecule has 0 radical (unpaired) electrons. The normalized spacial score (nSPS) is 12.7. The van der Waals surface area contributed by atoms with Gasteiger partial charge in [0, 0.05) is 12.1 Å². The van der Waals surface area contributed by atoms with E-state index in [-0.39, 0.29) is 16.8 Å². The van der Waals surface area contributed by atoms with Crippen LogP contribution in [0, 0.1) is 5.82 Å². The van der Waals surface area contributed by atoms with Crippen LogP contribution in [0.25, 0.3) is 0 Å². The minimum absolute atomic E-state index is 0.156. The van der Waals surface area contributed by atoms with Crippen molar-refractivity contribution in [3.05, 3.63) is 53.8 Å². The molecule has 2 rings (SSSR count). The molecular weight excluding hydrogens is 319 g/mol. The third kappa shape index (κ3) is 4.00. The first-order chi connectivity index (χ1) is 10.9. The van der Waals surface area contributed by atoms with Crippen LogP contribution in [-0.2, 0) is 10.0 Å². The fourth-order valence-corrected chi connectivity index (χ4v) is 2.89. The number of hydrogen-bond acceptors (Lipinski definition) is 4. The van der Waals surface area contributed by atoms with E-state index in [1.807, 2.05) is 6.92 Å². The van der Waals surface area contributed by atoms with E-state index in [0.717, 1.165) is 5.56 Å². The van der Waals surface area contributed by atoms with Gasteiger partial charge in [-0.1, -0.05) is 12.1 Å². The smallest absolute Gasteiger partial charge is 0.240 e. The number of sulfonamides is 1. The van der Waals surface area contributed by atoms with Crippen LogP contribution in [0.5, 0.6) is 5.75 Å². The highest BCUT2D eigenvalue weighted by Crippen LogP contribution is 2.29. The summed E-state index contributed by atoms with van der Waals surface area (Å²) in [6.45, 7) is 1.89. The lowest BCUT2D eigenvalue weighted by atomic mass is 10.1. The third-order valence-electron chi connectivity index (χ3n) is 3.49. The van der Waals surface area contributed by atoms with E-state index >= 15 is 0 Å². The third-order valence-corrected chi connectivity index (χ3v) is 4.92. The standard InChI is InChI=1S/C16H19FN2O3S/c1-11(19-15-10-13(17)6-9-16(15)22-3)12-4-7-14(8-5-12)23(20,21)18-2/h4-11,18-19H,1-3H3. The summed E-state index contributed by atoms with van der Waals surface area (Å²) in [5.41, 5.74) is 1.40. The van der Waals surface area contributed by atoms with Gasteiger partial charge in [0.05, 0.1) is 17.7 Å². The first-order valence-electron chi connectivity index (χ1n) is 7.01. The van der Waals surface area contributed by atoms with Crippen LogP contribution in [-0.4, -0.2) is 22.6 Å². The molecule has 0 aliphatic carbocycles. The van der Waals surface area contributed by atoms with Crippen molar-refractivity contribution in [1.29, 1.82) is 0 Å². The molecule has 0 aliphatic rings. The van der Waals surface area contributed by atoms with Crippen molar-refractivity contribution < 1.29 is 17.5 Å². The maximum atomic E-state index is 13.4. The molecule has 124 valence electrons. The lowest BCUT2D eigenvalue weighted by Gasteiger charge is -2.18. The average molecular weight is 338 g/mol. The molecule has 1 unspecified atom stereocenters. The van der Waals surface area contributed by atoms with E-state index in [0.29, 0.717) is 11.4 Å². The molecule has 2 aromatic rings. The molecule has 0 bridgehead atoms. The van der Waals surface area contributed by atoms with Gasteiger partial charge in [-0.05, 0) is 43.8 Å². The second-order valence-electron chi connectivity index (χ2n) is 4.99. The second-order valence-corrected chi connectivity index (χ2v) is 6.87. The van der Waals surface area contributed by atoms with Crippen LogP contribution in [0.4, 0.5) is 10.1 Å². The van der Waals surface area contributed by atoms with Crippen molar-refractivity contribution in [2.45, 2.75) is 17.9 Å². The molecule has 0 fully saturated rings. The number of methoxy groups -OCH3 is 1. The van der Waals surface area contributed by atoms with E-state index in [2.05, 4.69) is 10.0 Å². The largest absolute Gasteiger partial charge is 0.495 e. The van der Waals surface area contributed by atoms with Crippen molar-refractivity contribution in [3.63, 3.8) is 0 Å². The number of hydrogen-bond donors (Lipinski definition) is 2. The minimum atomic E-state index is -3.46. The molecular formula is C16H19FN2O3S. The second kappa shape index (κ2) is 6.97. The Labute approximate surface area is 135 Å². The molecule has 23 heavy (non-hydrogen) atoms. The molecule has 2 aromatic carbocycles. The van der Waals surface area contributed by atoms with Gasteiger partial charge in [-0.15, -0.1) is 0 Å². The number of halogens is 1. The average Bonchev–Trinajstić information content (AvgIpc) is 2.55. The summed E-state index contributed by atoms with van der Waals surface area (Å²) in [7, 11) is -0.577. The van der Waals surface area contributed by atoms with Crippen LogP contribution in [0.1, 0.15) is 18.5 Å². The first kappa shape index (κ1) is 17.2. The Bertz CT molecular complexity index is 776. The fourth-order valence-electron chi connectivity index (χ4n) is 2.16. The van der Waals surface area contributed by atoms with Gasteiger partial charge in [0.2, 0.25) is 10.0 Å². The highest BCUT2D eigenvalue weighted by molar-refractivity contribution is 7.89. The maximum absolute atomic E-state index is 13.4. The Morgan fingerprint density at radius 1 is 1.13 bits per heavy atom. The van der Waals surface area contributed by atoms with Gasteiger partial charge in [0.25, 0.3) is 0 Å². The Kier molecular flexibility index (Phi) is 5.23. The molecule has 0 amide bonds. The van der Waals surface area contributed by atoms with E-state index in [1.54, 1.807) is 18.2 Å². The zero-order chi connectivity index (χ0) is 17.0. The van der Waals surface area contributed by atoms with Crippen LogP contribution in [0.2, 0.25) is 0 Å². The Hall–Kier alpha value is -2.12. The quantitative estimate of drug-likeness (QED) is 0.850. The highest BCUT2D eigenvalue weighted by Gasteiger charge is 2.13. The van der Waals surface area contributed by atoms with Crippen LogP contribution < -0.4 is 14.8 Å². The maximum Gasteiger partial charge on any atom is 0.240 e. The Morgan fingerprint density at radius 2 is 1.78 bits per heavy atom.